The van der Waals surface area contributed by atoms with E-state index in [-0.39, 0.29) is 0 Å². The molecule has 1 aromatic rings. The summed E-state index contributed by atoms with van der Waals surface area (Å²) in [5.41, 5.74) is 2.67. The Morgan fingerprint density at radius 1 is 1.47 bits per heavy atom. The highest BCUT2D eigenvalue weighted by Gasteiger charge is 2.16. The van der Waals surface area contributed by atoms with Crippen molar-refractivity contribution in [2.45, 2.75) is 46.6 Å². The number of pyridine rings is 1. The molecule has 1 aromatic heterocycles. The number of aromatic nitrogens is 1. The molecule has 92 valence electrons. The Bertz CT molecular complexity index is 432. The highest BCUT2D eigenvalue weighted by molar-refractivity contribution is 5.58. The first kappa shape index (κ1) is 13.5. The first-order valence-electron chi connectivity index (χ1n) is 6.12. The molecule has 0 saturated heterocycles. The third kappa shape index (κ3) is 2.97. The third-order valence-corrected chi connectivity index (χ3v) is 3.14. The van der Waals surface area contributed by atoms with Crippen molar-refractivity contribution in [2.75, 3.05) is 11.9 Å². The molecule has 1 rings (SSSR count). The topological polar surface area (TPSA) is 39.9 Å². The predicted octanol–water partition coefficient (Wildman–Crippen LogP) is 3.19. The standard InChI is InChI=1S/C14H21N3/c1-6-7-12(4)17(5)14-13(9-15)10(2)8-11(3)16-14/h8,12H,6-7H2,1-5H3. The summed E-state index contributed by atoms with van der Waals surface area (Å²) >= 11 is 0. The molecule has 3 nitrogen and oxygen atoms in total. The van der Waals surface area contributed by atoms with E-state index in [1.807, 2.05) is 27.0 Å². The van der Waals surface area contributed by atoms with Crippen LogP contribution in [0.4, 0.5) is 5.82 Å². The van der Waals surface area contributed by atoms with Crippen LogP contribution in [-0.2, 0) is 0 Å². The average molecular weight is 231 g/mol. The lowest BCUT2D eigenvalue weighted by molar-refractivity contribution is 0.610. The Kier molecular flexibility index (Phi) is 4.51. The van der Waals surface area contributed by atoms with Gasteiger partial charge in [-0.15, -0.1) is 0 Å². The summed E-state index contributed by atoms with van der Waals surface area (Å²) in [6, 6.07) is 4.63. The van der Waals surface area contributed by atoms with E-state index in [1.54, 1.807) is 0 Å². The number of hydrogen-bond donors (Lipinski definition) is 0. The maximum atomic E-state index is 9.23. The molecule has 0 amide bonds. The van der Waals surface area contributed by atoms with Crippen molar-refractivity contribution in [2.24, 2.45) is 0 Å². The molecular formula is C14H21N3. The quantitative estimate of drug-likeness (QED) is 0.799. The molecule has 0 saturated carbocycles. The van der Waals surface area contributed by atoms with E-state index in [0.717, 1.165) is 29.9 Å². The van der Waals surface area contributed by atoms with Gasteiger partial charge >= 0.3 is 0 Å². The van der Waals surface area contributed by atoms with E-state index in [1.165, 1.54) is 0 Å². The molecule has 0 aliphatic heterocycles. The van der Waals surface area contributed by atoms with E-state index in [0.29, 0.717) is 11.6 Å². The number of aryl methyl sites for hydroxylation is 2. The van der Waals surface area contributed by atoms with Crippen LogP contribution >= 0.6 is 0 Å². The lowest BCUT2D eigenvalue weighted by atomic mass is 10.1. The third-order valence-electron chi connectivity index (χ3n) is 3.14. The maximum Gasteiger partial charge on any atom is 0.147 e. The summed E-state index contributed by atoms with van der Waals surface area (Å²) in [7, 11) is 2.02. The van der Waals surface area contributed by atoms with Crippen LogP contribution in [0.3, 0.4) is 0 Å². The molecule has 17 heavy (non-hydrogen) atoms. The molecule has 1 unspecified atom stereocenters. The van der Waals surface area contributed by atoms with Gasteiger partial charge in [0.05, 0.1) is 5.56 Å². The van der Waals surface area contributed by atoms with Crippen LogP contribution in [0, 0.1) is 25.2 Å². The van der Waals surface area contributed by atoms with Gasteiger partial charge in [-0.2, -0.15) is 5.26 Å². The van der Waals surface area contributed by atoms with Crippen molar-refractivity contribution < 1.29 is 0 Å². The number of nitrogens with zero attached hydrogens (tertiary/aromatic N) is 3. The second-order valence-corrected chi connectivity index (χ2v) is 4.64. The zero-order chi connectivity index (χ0) is 13.0. The molecule has 0 aliphatic rings. The maximum absolute atomic E-state index is 9.23. The van der Waals surface area contributed by atoms with Crippen LogP contribution < -0.4 is 4.90 Å². The first-order valence-corrected chi connectivity index (χ1v) is 6.12. The monoisotopic (exact) mass is 231 g/mol. The van der Waals surface area contributed by atoms with Crippen molar-refractivity contribution in [3.8, 4) is 6.07 Å². The zero-order valence-corrected chi connectivity index (χ0v) is 11.4. The van der Waals surface area contributed by atoms with E-state index < -0.39 is 0 Å². The lowest BCUT2D eigenvalue weighted by Crippen LogP contribution is -2.30. The van der Waals surface area contributed by atoms with Gasteiger partial charge in [-0.05, 0) is 38.8 Å². The molecular weight excluding hydrogens is 210 g/mol. The smallest absolute Gasteiger partial charge is 0.147 e. The Labute approximate surface area is 104 Å². The van der Waals surface area contributed by atoms with Crippen molar-refractivity contribution in [3.05, 3.63) is 22.9 Å². The largest absolute Gasteiger partial charge is 0.356 e. The van der Waals surface area contributed by atoms with E-state index >= 15 is 0 Å². The minimum atomic E-state index is 0.404. The molecule has 0 N–H and O–H groups in total. The molecule has 0 spiro atoms. The second kappa shape index (κ2) is 5.67. The molecule has 0 radical (unpaired) electrons. The Balaban J connectivity index is 3.16. The molecule has 0 aliphatic carbocycles. The van der Waals surface area contributed by atoms with E-state index in [4.69, 9.17) is 0 Å². The van der Waals surface area contributed by atoms with Crippen LogP contribution in [0.25, 0.3) is 0 Å². The molecule has 0 bridgehead atoms. The van der Waals surface area contributed by atoms with Gasteiger partial charge in [0.2, 0.25) is 0 Å². The predicted molar refractivity (Wildman–Crippen MR) is 71.2 cm³/mol. The lowest BCUT2D eigenvalue weighted by Gasteiger charge is -2.27. The van der Waals surface area contributed by atoms with E-state index in [2.05, 4.69) is 29.8 Å². The van der Waals surface area contributed by atoms with Gasteiger partial charge in [0.25, 0.3) is 0 Å². The van der Waals surface area contributed by atoms with Gasteiger partial charge in [-0.1, -0.05) is 13.3 Å². The number of anilines is 1. The van der Waals surface area contributed by atoms with E-state index in [9.17, 15) is 5.26 Å². The van der Waals surface area contributed by atoms with Crippen LogP contribution in [-0.4, -0.2) is 18.1 Å². The summed E-state index contributed by atoms with van der Waals surface area (Å²) in [5, 5.41) is 9.23. The van der Waals surface area contributed by atoms with Gasteiger partial charge in [0.15, 0.2) is 0 Å². The summed E-state index contributed by atoms with van der Waals surface area (Å²) < 4.78 is 0. The van der Waals surface area contributed by atoms with Crippen LogP contribution in [0.1, 0.15) is 43.5 Å². The summed E-state index contributed by atoms with van der Waals surface area (Å²) in [6.45, 7) is 8.28. The molecule has 0 fully saturated rings. The van der Waals surface area contributed by atoms with Crippen molar-refractivity contribution in [1.82, 2.24) is 4.98 Å². The highest BCUT2D eigenvalue weighted by atomic mass is 15.2. The van der Waals surface area contributed by atoms with Crippen LogP contribution in [0.2, 0.25) is 0 Å². The molecule has 3 heteroatoms. The fourth-order valence-electron chi connectivity index (χ4n) is 2.03. The zero-order valence-electron chi connectivity index (χ0n) is 11.4. The average Bonchev–Trinajstić information content (AvgIpc) is 2.27. The molecule has 1 heterocycles. The van der Waals surface area contributed by atoms with Crippen LogP contribution in [0.5, 0.6) is 0 Å². The summed E-state index contributed by atoms with van der Waals surface area (Å²) in [4.78, 5) is 6.62. The minimum absolute atomic E-state index is 0.404. The second-order valence-electron chi connectivity index (χ2n) is 4.64. The Morgan fingerprint density at radius 2 is 2.12 bits per heavy atom. The summed E-state index contributed by atoms with van der Waals surface area (Å²) in [5.74, 6) is 0.811. The Hall–Kier alpha value is -1.56. The number of hydrogen-bond acceptors (Lipinski definition) is 3. The van der Waals surface area contributed by atoms with Gasteiger partial charge in [-0.3, -0.25) is 0 Å². The molecule has 1 atom stereocenters. The number of rotatable bonds is 4. The van der Waals surface area contributed by atoms with Crippen LogP contribution in [0.15, 0.2) is 6.07 Å². The first-order chi connectivity index (χ1) is 8.01. The fourth-order valence-corrected chi connectivity index (χ4v) is 2.03. The SMILES string of the molecule is CCCC(C)N(C)c1nc(C)cc(C)c1C#N. The molecule has 0 aromatic carbocycles. The Morgan fingerprint density at radius 3 is 2.65 bits per heavy atom. The van der Waals surface area contributed by atoms with Gasteiger partial charge < -0.3 is 4.90 Å². The van der Waals surface area contributed by atoms with Crippen molar-refractivity contribution in [1.29, 1.82) is 5.26 Å². The van der Waals surface area contributed by atoms with Crippen molar-refractivity contribution >= 4 is 5.82 Å². The normalized spacial score (nSPS) is 12.0. The van der Waals surface area contributed by atoms with Gasteiger partial charge in [0.1, 0.15) is 11.9 Å². The van der Waals surface area contributed by atoms with Gasteiger partial charge in [0, 0.05) is 18.8 Å². The highest BCUT2D eigenvalue weighted by Crippen LogP contribution is 2.23. The van der Waals surface area contributed by atoms with Gasteiger partial charge in [-0.25, -0.2) is 4.98 Å². The fraction of sp³-hybridized carbons (Fsp3) is 0.571. The minimum Gasteiger partial charge on any atom is -0.356 e. The summed E-state index contributed by atoms with van der Waals surface area (Å²) in [6.07, 6.45) is 2.24. The number of nitriles is 1. The van der Waals surface area contributed by atoms with Crippen molar-refractivity contribution in [3.63, 3.8) is 0 Å².